The van der Waals surface area contributed by atoms with Gasteiger partial charge in [0.15, 0.2) is 17.4 Å². The highest BCUT2D eigenvalue weighted by molar-refractivity contribution is 5.96. The van der Waals surface area contributed by atoms with E-state index in [4.69, 9.17) is 4.74 Å². The highest BCUT2D eigenvalue weighted by Gasteiger charge is 2.38. The van der Waals surface area contributed by atoms with Gasteiger partial charge in [0, 0.05) is 18.3 Å². The molecule has 2 aliphatic rings. The van der Waals surface area contributed by atoms with Crippen LogP contribution in [0.2, 0.25) is 0 Å². The molecule has 0 aromatic carbocycles. The van der Waals surface area contributed by atoms with Crippen LogP contribution in [0.25, 0.3) is 0 Å². The van der Waals surface area contributed by atoms with Crippen LogP contribution < -0.4 is 5.43 Å². The molecule has 2 atom stereocenters. The number of hydrogen-bond acceptors (Lipinski definition) is 4. The molecule has 6 nitrogen and oxygen atoms in total. The zero-order valence-electron chi connectivity index (χ0n) is 11.5. The van der Waals surface area contributed by atoms with Gasteiger partial charge in [-0.25, -0.2) is 0 Å². The van der Waals surface area contributed by atoms with Crippen LogP contribution in [0, 0.1) is 0 Å². The molecule has 0 N–H and O–H groups in total. The van der Waals surface area contributed by atoms with E-state index < -0.39 is 5.43 Å². The summed E-state index contributed by atoms with van der Waals surface area (Å²) in [5.41, 5.74) is 0.0357. The molecule has 0 unspecified atom stereocenters. The van der Waals surface area contributed by atoms with E-state index in [2.05, 4.69) is 0 Å². The maximum atomic E-state index is 12.5. The third kappa shape index (κ3) is 1.87. The first-order chi connectivity index (χ1) is 9.49. The van der Waals surface area contributed by atoms with Gasteiger partial charge in [-0.05, 0) is 20.3 Å². The van der Waals surface area contributed by atoms with Crippen molar-refractivity contribution in [1.29, 1.82) is 0 Å². The molecular weight excluding hydrogens is 260 g/mol. The number of pyridine rings is 1. The van der Waals surface area contributed by atoms with E-state index in [1.54, 1.807) is 9.47 Å². The van der Waals surface area contributed by atoms with E-state index in [-0.39, 0.29) is 29.5 Å². The van der Waals surface area contributed by atoms with Gasteiger partial charge in [-0.2, -0.15) is 0 Å². The summed E-state index contributed by atoms with van der Waals surface area (Å²) in [5, 5.41) is 0. The van der Waals surface area contributed by atoms with Gasteiger partial charge in [-0.1, -0.05) is 0 Å². The Morgan fingerprint density at radius 1 is 1.40 bits per heavy atom. The number of nitrogens with zero attached hydrogens (tertiary/aromatic N) is 2. The number of fused-ring (bicyclic) bond motifs is 2. The number of carbonyl (C=O) groups excluding carboxylic acids is 2. The normalized spacial score (nSPS) is 25.1. The minimum Gasteiger partial charge on any atom is -0.356 e. The van der Waals surface area contributed by atoms with Crippen molar-refractivity contribution < 1.29 is 14.3 Å². The van der Waals surface area contributed by atoms with Crippen molar-refractivity contribution in [2.45, 2.75) is 39.1 Å². The number of carbonyl (C=O) groups is 2. The summed E-state index contributed by atoms with van der Waals surface area (Å²) in [5.74, 6) is -0.501. The third-order valence-corrected chi connectivity index (χ3v) is 3.94. The summed E-state index contributed by atoms with van der Waals surface area (Å²) >= 11 is 0. The van der Waals surface area contributed by atoms with Gasteiger partial charge < -0.3 is 14.2 Å². The summed E-state index contributed by atoms with van der Waals surface area (Å²) < 4.78 is 7.28. The predicted molar refractivity (Wildman–Crippen MR) is 70.7 cm³/mol. The van der Waals surface area contributed by atoms with Crippen LogP contribution in [0.3, 0.4) is 0 Å². The van der Waals surface area contributed by atoms with E-state index in [1.165, 1.54) is 19.2 Å². The first-order valence-corrected chi connectivity index (χ1v) is 6.68. The quantitative estimate of drug-likeness (QED) is 0.706. The molecule has 0 bridgehead atoms. The second kappa shape index (κ2) is 4.56. The largest absolute Gasteiger partial charge is 0.356 e. The molecule has 0 saturated carbocycles. The fraction of sp³-hybridized carbons (Fsp3) is 0.500. The van der Waals surface area contributed by atoms with Gasteiger partial charge in [0.2, 0.25) is 0 Å². The fourth-order valence-electron chi connectivity index (χ4n) is 2.82. The van der Waals surface area contributed by atoms with Crippen LogP contribution >= 0.6 is 0 Å². The smallest absolute Gasteiger partial charge is 0.272 e. The number of ketones is 1. The Hall–Kier alpha value is -1.95. The van der Waals surface area contributed by atoms with E-state index in [0.717, 1.165) is 6.42 Å². The number of amides is 1. The van der Waals surface area contributed by atoms with Crippen LogP contribution in [0.4, 0.5) is 0 Å². The fourth-order valence-corrected chi connectivity index (χ4v) is 2.82. The van der Waals surface area contributed by atoms with Crippen LogP contribution in [-0.2, 0) is 11.3 Å². The Kier molecular flexibility index (Phi) is 2.97. The Balaban J connectivity index is 2.10. The second-order valence-corrected chi connectivity index (χ2v) is 5.32. The molecule has 1 aromatic rings. The summed E-state index contributed by atoms with van der Waals surface area (Å²) in [6.45, 7) is 4.39. The van der Waals surface area contributed by atoms with Crippen molar-refractivity contribution in [2.24, 2.45) is 0 Å². The second-order valence-electron chi connectivity index (χ2n) is 5.32. The van der Waals surface area contributed by atoms with Crippen molar-refractivity contribution in [3.63, 3.8) is 0 Å². The molecule has 1 aromatic heterocycles. The molecule has 1 fully saturated rings. The molecule has 1 amide bonds. The predicted octanol–water partition coefficient (Wildman–Crippen LogP) is 0.642. The molecule has 3 rings (SSSR count). The number of ether oxygens (including phenoxy) is 1. The molecule has 0 spiro atoms. The SMILES string of the molecule is CC(=O)c1cn2c(cc1=O)C(=O)N1[C@H](C)CCO[C@H]1C2. The number of Topliss-reactive ketones (excluding diaryl/α,β-unsaturated/α-hetero) is 1. The Morgan fingerprint density at radius 2 is 2.15 bits per heavy atom. The van der Waals surface area contributed by atoms with Crippen LogP contribution in [0.5, 0.6) is 0 Å². The summed E-state index contributed by atoms with van der Waals surface area (Å²) in [6.07, 6.45) is 1.94. The monoisotopic (exact) mass is 276 g/mol. The summed E-state index contributed by atoms with van der Waals surface area (Å²) in [6, 6.07) is 1.36. The number of aromatic nitrogens is 1. The van der Waals surface area contributed by atoms with E-state index >= 15 is 0 Å². The minimum absolute atomic E-state index is 0.0950. The molecule has 3 heterocycles. The molecule has 2 aliphatic heterocycles. The highest BCUT2D eigenvalue weighted by atomic mass is 16.5. The van der Waals surface area contributed by atoms with Gasteiger partial charge in [-0.3, -0.25) is 14.4 Å². The average Bonchev–Trinajstić information content (AvgIpc) is 2.39. The first-order valence-electron chi connectivity index (χ1n) is 6.68. The standard InChI is InChI=1S/C14H16N2O4/c1-8-3-4-20-13-7-15-6-10(9(2)17)12(18)5-11(15)14(19)16(8)13/h5-6,8,13H,3-4,7H2,1-2H3/t8-,13+/m1/s1. The Bertz CT molecular complexity index is 649. The summed E-state index contributed by atoms with van der Waals surface area (Å²) in [7, 11) is 0. The van der Waals surface area contributed by atoms with Gasteiger partial charge >= 0.3 is 0 Å². The molecule has 6 heteroatoms. The number of hydrogen-bond donors (Lipinski definition) is 0. The minimum atomic E-state index is -0.402. The number of rotatable bonds is 1. The van der Waals surface area contributed by atoms with E-state index in [9.17, 15) is 14.4 Å². The maximum absolute atomic E-state index is 12.5. The first kappa shape index (κ1) is 13.1. The topological polar surface area (TPSA) is 68.6 Å². The lowest BCUT2D eigenvalue weighted by Gasteiger charge is -2.44. The van der Waals surface area contributed by atoms with Gasteiger partial charge in [-0.15, -0.1) is 0 Å². The molecule has 106 valence electrons. The lowest BCUT2D eigenvalue weighted by Crippen LogP contribution is -2.56. The lowest BCUT2D eigenvalue weighted by atomic mass is 10.1. The van der Waals surface area contributed by atoms with Crippen LogP contribution in [-0.4, -0.2) is 40.0 Å². The average molecular weight is 276 g/mol. The molecule has 1 saturated heterocycles. The van der Waals surface area contributed by atoms with Crippen molar-refractivity contribution in [3.05, 3.63) is 33.7 Å². The highest BCUT2D eigenvalue weighted by Crippen LogP contribution is 2.25. The zero-order chi connectivity index (χ0) is 14.4. The van der Waals surface area contributed by atoms with Gasteiger partial charge in [0.1, 0.15) is 5.69 Å². The van der Waals surface area contributed by atoms with Crippen molar-refractivity contribution in [2.75, 3.05) is 6.61 Å². The van der Waals surface area contributed by atoms with Crippen LogP contribution in [0.15, 0.2) is 17.1 Å². The Labute approximate surface area is 115 Å². The van der Waals surface area contributed by atoms with Crippen molar-refractivity contribution in [3.8, 4) is 0 Å². The van der Waals surface area contributed by atoms with E-state index in [0.29, 0.717) is 18.8 Å². The maximum Gasteiger partial charge on any atom is 0.272 e. The zero-order valence-corrected chi connectivity index (χ0v) is 11.5. The van der Waals surface area contributed by atoms with Crippen molar-refractivity contribution >= 4 is 11.7 Å². The molecule has 20 heavy (non-hydrogen) atoms. The summed E-state index contributed by atoms with van der Waals surface area (Å²) in [4.78, 5) is 37.5. The third-order valence-electron chi connectivity index (χ3n) is 3.94. The van der Waals surface area contributed by atoms with Gasteiger partial charge in [0.05, 0.1) is 18.7 Å². The van der Waals surface area contributed by atoms with E-state index in [1.807, 2.05) is 6.92 Å². The van der Waals surface area contributed by atoms with Gasteiger partial charge in [0.25, 0.3) is 5.91 Å². The molecule has 0 radical (unpaired) electrons. The Morgan fingerprint density at radius 3 is 2.85 bits per heavy atom. The molecular formula is C14H16N2O4. The van der Waals surface area contributed by atoms with Crippen LogP contribution in [0.1, 0.15) is 41.1 Å². The van der Waals surface area contributed by atoms with Crippen molar-refractivity contribution in [1.82, 2.24) is 9.47 Å². The lowest BCUT2D eigenvalue weighted by molar-refractivity contribution is -0.112. The molecule has 0 aliphatic carbocycles.